The van der Waals surface area contributed by atoms with Crippen molar-refractivity contribution in [1.82, 2.24) is 14.5 Å². The molecular weight excluding hydrogens is 430 g/mol. The van der Waals surface area contributed by atoms with Crippen molar-refractivity contribution in [2.45, 2.75) is 50.8 Å². The Morgan fingerprint density at radius 1 is 1.16 bits per heavy atom. The Morgan fingerprint density at radius 2 is 1.81 bits per heavy atom. The fourth-order valence-corrected chi connectivity index (χ4v) is 6.69. The Balaban J connectivity index is 2.02. The molecule has 3 rings (SSSR count). The first-order valence-corrected chi connectivity index (χ1v) is 12.5. The van der Waals surface area contributed by atoms with Gasteiger partial charge in [-0.1, -0.05) is 38.1 Å². The minimum Gasteiger partial charge on any atom is -0.287 e. The number of aromatic nitrogens is 2. The molecule has 2 heterocycles. The summed E-state index contributed by atoms with van der Waals surface area (Å²) in [6.45, 7) is 9.70. The van der Waals surface area contributed by atoms with Gasteiger partial charge in [-0.2, -0.15) is 5.10 Å². The van der Waals surface area contributed by atoms with Crippen LogP contribution >= 0.6 is 11.3 Å². The molecule has 0 aliphatic heterocycles. The van der Waals surface area contributed by atoms with Crippen molar-refractivity contribution in [3.05, 3.63) is 58.7 Å². The normalized spacial score (nSPS) is 12.5. The summed E-state index contributed by atoms with van der Waals surface area (Å²) in [5.74, 6) is 0.288. The predicted molar refractivity (Wildman–Crippen MR) is 125 cm³/mol. The van der Waals surface area contributed by atoms with E-state index in [1.807, 2.05) is 26.8 Å². The van der Waals surface area contributed by atoms with Gasteiger partial charge in [0.2, 0.25) is 5.78 Å². The summed E-state index contributed by atoms with van der Waals surface area (Å²) in [6, 6.07) is 10.7. The first kappa shape index (κ1) is 23.4. The van der Waals surface area contributed by atoms with E-state index >= 15 is 0 Å². The van der Waals surface area contributed by atoms with Crippen LogP contribution in [0.25, 0.3) is 11.1 Å². The number of thiophene rings is 1. The molecule has 0 atom stereocenters. The van der Waals surface area contributed by atoms with Gasteiger partial charge in [0.15, 0.2) is 0 Å². The Hall–Kier alpha value is -2.29. The van der Waals surface area contributed by atoms with Gasteiger partial charge in [0, 0.05) is 34.8 Å². The van der Waals surface area contributed by atoms with Crippen LogP contribution in [-0.2, 0) is 23.5 Å². The third-order valence-electron chi connectivity index (χ3n) is 4.55. The average molecular weight is 460 g/mol. The smallest absolute Gasteiger partial charge is 0.251 e. The Bertz CT molecular complexity index is 1180. The minimum atomic E-state index is -3.69. The summed E-state index contributed by atoms with van der Waals surface area (Å²) in [5.41, 5.74) is 1.87. The number of sulfonamides is 1. The first-order valence-electron chi connectivity index (χ1n) is 10.2. The lowest BCUT2D eigenvalue weighted by molar-refractivity contribution is 0.103. The largest absolute Gasteiger partial charge is 0.287 e. The van der Waals surface area contributed by atoms with Crippen molar-refractivity contribution in [3.8, 4) is 11.1 Å². The van der Waals surface area contributed by atoms with Crippen LogP contribution in [0.4, 0.5) is 0 Å². The SMILES string of the molecule is CC(C)Cc1cc(-c2ccc(C(=O)c3ccnn3C)cc2)c(S(=O)(=O)NC(C)(C)C)s1. The lowest BCUT2D eigenvalue weighted by atomic mass is 10.0. The molecule has 0 aliphatic rings. The van der Waals surface area contributed by atoms with E-state index in [0.29, 0.717) is 26.9 Å². The quantitative estimate of drug-likeness (QED) is 0.521. The maximum absolute atomic E-state index is 13.1. The second-order valence-electron chi connectivity index (χ2n) is 9.11. The summed E-state index contributed by atoms with van der Waals surface area (Å²) in [4.78, 5) is 13.7. The topological polar surface area (TPSA) is 81.1 Å². The number of nitrogens with zero attached hydrogens (tertiary/aromatic N) is 2. The maximum atomic E-state index is 13.1. The summed E-state index contributed by atoms with van der Waals surface area (Å²) < 4.78 is 30.9. The Morgan fingerprint density at radius 3 is 2.32 bits per heavy atom. The van der Waals surface area contributed by atoms with Gasteiger partial charge in [0.25, 0.3) is 10.0 Å². The number of hydrogen-bond donors (Lipinski definition) is 1. The average Bonchev–Trinajstić information content (AvgIpc) is 3.25. The molecular formula is C23H29N3O3S2. The molecule has 166 valence electrons. The zero-order valence-corrected chi connectivity index (χ0v) is 20.4. The van der Waals surface area contributed by atoms with Gasteiger partial charge in [0.1, 0.15) is 9.90 Å². The predicted octanol–water partition coefficient (Wildman–Crippen LogP) is 4.65. The van der Waals surface area contributed by atoms with Crippen molar-refractivity contribution in [3.63, 3.8) is 0 Å². The van der Waals surface area contributed by atoms with E-state index in [4.69, 9.17) is 0 Å². The molecule has 0 spiro atoms. The van der Waals surface area contributed by atoms with E-state index in [0.717, 1.165) is 16.9 Å². The number of carbonyl (C=O) groups is 1. The van der Waals surface area contributed by atoms with E-state index in [1.165, 1.54) is 16.0 Å². The van der Waals surface area contributed by atoms with Crippen LogP contribution in [0.1, 0.15) is 55.5 Å². The molecule has 0 aliphatic carbocycles. The van der Waals surface area contributed by atoms with Crippen LogP contribution < -0.4 is 4.72 Å². The number of carbonyl (C=O) groups excluding carboxylic acids is 1. The highest BCUT2D eigenvalue weighted by molar-refractivity contribution is 7.91. The van der Waals surface area contributed by atoms with Gasteiger partial charge >= 0.3 is 0 Å². The molecule has 1 aromatic carbocycles. The second-order valence-corrected chi connectivity index (χ2v) is 12.1. The van der Waals surface area contributed by atoms with Crippen molar-refractivity contribution < 1.29 is 13.2 Å². The van der Waals surface area contributed by atoms with Gasteiger partial charge in [-0.3, -0.25) is 9.48 Å². The van der Waals surface area contributed by atoms with Crippen LogP contribution in [0, 0.1) is 5.92 Å². The second kappa shape index (κ2) is 8.68. The molecule has 6 nitrogen and oxygen atoms in total. The Labute approximate surface area is 188 Å². The summed E-state index contributed by atoms with van der Waals surface area (Å²) >= 11 is 1.31. The van der Waals surface area contributed by atoms with Crippen molar-refractivity contribution in [2.24, 2.45) is 13.0 Å². The van der Waals surface area contributed by atoms with Crippen molar-refractivity contribution in [2.75, 3.05) is 0 Å². The van der Waals surface area contributed by atoms with Crippen LogP contribution in [0.15, 0.2) is 46.8 Å². The first-order chi connectivity index (χ1) is 14.4. The van der Waals surface area contributed by atoms with E-state index in [1.54, 1.807) is 43.6 Å². The highest BCUT2D eigenvalue weighted by atomic mass is 32.2. The van der Waals surface area contributed by atoms with E-state index in [2.05, 4.69) is 23.7 Å². The monoisotopic (exact) mass is 459 g/mol. The maximum Gasteiger partial charge on any atom is 0.251 e. The number of rotatable bonds is 7. The summed E-state index contributed by atoms with van der Waals surface area (Å²) in [5, 5.41) is 4.05. The fourth-order valence-electron chi connectivity index (χ4n) is 3.32. The van der Waals surface area contributed by atoms with Crippen LogP contribution in [-0.4, -0.2) is 29.5 Å². The molecule has 0 fully saturated rings. The van der Waals surface area contributed by atoms with Gasteiger partial charge in [0.05, 0.1) is 0 Å². The summed E-state index contributed by atoms with van der Waals surface area (Å²) in [6.07, 6.45) is 2.39. The molecule has 1 N–H and O–H groups in total. The van der Waals surface area contributed by atoms with Crippen molar-refractivity contribution >= 4 is 27.1 Å². The minimum absolute atomic E-state index is 0.125. The van der Waals surface area contributed by atoms with E-state index in [-0.39, 0.29) is 5.78 Å². The van der Waals surface area contributed by atoms with Gasteiger partial charge in [-0.05, 0) is 50.8 Å². The molecule has 3 aromatic rings. The molecule has 0 unspecified atom stereocenters. The lowest BCUT2D eigenvalue weighted by Gasteiger charge is -2.20. The number of aryl methyl sites for hydroxylation is 1. The van der Waals surface area contributed by atoms with Gasteiger partial charge < -0.3 is 0 Å². The van der Waals surface area contributed by atoms with E-state index < -0.39 is 15.6 Å². The van der Waals surface area contributed by atoms with E-state index in [9.17, 15) is 13.2 Å². The zero-order valence-electron chi connectivity index (χ0n) is 18.8. The van der Waals surface area contributed by atoms with Gasteiger partial charge in [-0.25, -0.2) is 13.1 Å². The van der Waals surface area contributed by atoms with Crippen LogP contribution in [0.3, 0.4) is 0 Å². The standard InChI is InChI=1S/C23H29N3O3S2/c1-15(2)13-18-14-19(22(30-18)31(28,29)25-23(3,4)5)16-7-9-17(10-8-16)21(27)20-11-12-24-26(20)6/h7-12,14-15,25H,13H2,1-6H3. The van der Waals surface area contributed by atoms with Crippen molar-refractivity contribution in [1.29, 1.82) is 0 Å². The third-order valence-corrected chi connectivity index (χ3v) is 8.00. The molecule has 0 bridgehead atoms. The highest BCUT2D eigenvalue weighted by Gasteiger charge is 2.28. The zero-order chi connectivity index (χ0) is 23.0. The number of ketones is 1. The molecule has 31 heavy (non-hydrogen) atoms. The molecule has 0 radical (unpaired) electrons. The van der Waals surface area contributed by atoms with Crippen LogP contribution in [0.2, 0.25) is 0 Å². The number of nitrogens with one attached hydrogen (secondary N) is 1. The molecule has 0 saturated carbocycles. The third kappa shape index (κ3) is 5.50. The Kier molecular flexibility index (Phi) is 6.55. The molecule has 0 saturated heterocycles. The molecule has 8 heteroatoms. The number of benzene rings is 1. The number of hydrogen-bond acceptors (Lipinski definition) is 5. The lowest BCUT2D eigenvalue weighted by Crippen LogP contribution is -2.40. The fraction of sp³-hybridized carbons (Fsp3) is 0.391. The molecule has 2 aromatic heterocycles. The summed E-state index contributed by atoms with van der Waals surface area (Å²) in [7, 11) is -1.96. The van der Waals surface area contributed by atoms with Gasteiger partial charge in [-0.15, -0.1) is 11.3 Å². The highest BCUT2D eigenvalue weighted by Crippen LogP contribution is 2.37. The molecule has 0 amide bonds. The van der Waals surface area contributed by atoms with Crippen LogP contribution in [0.5, 0.6) is 0 Å².